The van der Waals surface area contributed by atoms with Gasteiger partial charge in [0.1, 0.15) is 0 Å². The van der Waals surface area contributed by atoms with Crippen molar-refractivity contribution in [1.29, 1.82) is 0 Å². The molecular formula is C17H14N2OS. The molecule has 0 spiro atoms. The number of carbonyl (C=O) groups excluding carboxylic acids is 1. The molecule has 3 aromatic rings. The molecule has 1 aromatic heterocycles. The Morgan fingerprint density at radius 3 is 2.81 bits per heavy atom. The average Bonchev–Trinajstić information content (AvgIpc) is 2.89. The molecule has 3 nitrogen and oxygen atoms in total. The Hall–Kier alpha value is -2.33. The number of allylic oxidation sites excluding steroid dienone is 1. The molecule has 0 unspecified atom stereocenters. The Labute approximate surface area is 127 Å². The quantitative estimate of drug-likeness (QED) is 0.442. The van der Waals surface area contributed by atoms with E-state index < -0.39 is 0 Å². The van der Waals surface area contributed by atoms with Crippen molar-refractivity contribution < 1.29 is 4.79 Å². The zero-order valence-electron chi connectivity index (χ0n) is 11.5. The number of nitrogens with zero attached hydrogens (tertiary/aromatic N) is 1. The maximum absolute atomic E-state index is 11.9. The lowest BCUT2D eigenvalue weighted by Crippen LogP contribution is -1.92. The second kappa shape index (κ2) is 5.97. The molecule has 0 bridgehead atoms. The van der Waals surface area contributed by atoms with Crippen LogP contribution in [0.2, 0.25) is 0 Å². The van der Waals surface area contributed by atoms with Crippen molar-refractivity contribution >= 4 is 28.6 Å². The number of H-pyrrole nitrogens is 1. The van der Waals surface area contributed by atoms with Crippen LogP contribution in [0.25, 0.3) is 11.0 Å². The van der Waals surface area contributed by atoms with Gasteiger partial charge in [-0.1, -0.05) is 48.2 Å². The average molecular weight is 294 g/mol. The molecule has 0 saturated heterocycles. The van der Waals surface area contributed by atoms with Gasteiger partial charge in [0.05, 0.1) is 11.0 Å². The molecule has 0 radical (unpaired) electrons. The van der Waals surface area contributed by atoms with Crippen molar-refractivity contribution in [1.82, 2.24) is 9.97 Å². The summed E-state index contributed by atoms with van der Waals surface area (Å²) < 4.78 is 0. The standard InChI is InChI=1S/C17H14N2OS/c1-12-7-8-14-15(11-12)19-17(18-14)21-10-9-16(20)13-5-3-2-4-6-13/h2-11H,1H3,(H,18,19)/b10-9-. The predicted molar refractivity (Wildman–Crippen MR) is 86.6 cm³/mol. The molecule has 3 rings (SSSR count). The molecule has 0 fully saturated rings. The largest absolute Gasteiger partial charge is 0.333 e. The highest BCUT2D eigenvalue weighted by Gasteiger charge is 2.03. The fourth-order valence-corrected chi connectivity index (χ4v) is 2.66. The molecule has 104 valence electrons. The molecular weight excluding hydrogens is 280 g/mol. The van der Waals surface area contributed by atoms with Crippen molar-refractivity contribution in [3.05, 3.63) is 71.1 Å². The fraction of sp³-hybridized carbons (Fsp3) is 0.0588. The van der Waals surface area contributed by atoms with Crippen LogP contribution in [-0.2, 0) is 0 Å². The van der Waals surface area contributed by atoms with E-state index in [9.17, 15) is 4.79 Å². The summed E-state index contributed by atoms with van der Waals surface area (Å²) in [4.78, 5) is 19.6. The summed E-state index contributed by atoms with van der Waals surface area (Å²) in [5, 5.41) is 2.55. The van der Waals surface area contributed by atoms with E-state index in [0.717, 1.165) is 16.2 Å². The first-order valence-corrected chi connectivity index (χ1v) is 7.49. The third-order valence-electron chi connectivity index (χ3n) is 3.07. The number of imidazole rings is 1. The van der Waals surface area contributed by atoms with Gasteiger partial charge in [0.15, 0.2) is 10.9 Å². The highest BCUT2D eigenvalue weighted by molar-refractivity contribution is 8.02. The topological polar surface area (TPSA) is 45.8 Å². The number of nitrogens with one attached hydrogen (secondary N) is 1. The number of carbonyl (C=O) groups is 1. The summed E-state index contributed by atoms with van der Waals surface area (Å²) in [7, 11) is 0. The lowest BCUT2D eigenvalue weighted by molar-refractivity contribution is 0.104. The van der Waals surface area contributed by atoms with E-state index in [0.29, 0.717) is 5.56 Å². The molecule has 4 heteroatoms. The number of benzene rings is 2. The molecule has 21 heavy (non-hydrogen) atoms. The van der Waals surface area contributed by atoms with Gasteiger partial charge in [-0.05, 0) is 36.1 Å². The minimum Gasteiger partial charge on any atom is -0.333 e. The normalized spacial score (nSPS) is 11.3. The number of aromatic nitrogens is 2. The van der Waals surface area contributed by atoms with Gasteiger partial charge in [0.25, 0.3) is 0 Å². The number of hydrogen-bond acceptors (Lipinski definition) is 3. The monoisotopic (exact) mass is 294 g/mol. The molecule has 0 aliphatic heterocycles. The Balaban J connectivity index is 1.71. The Morgan fingerprint density at radius 2 is 2.00 bits per heavy atom. The lowest BCUT2D eigenvalue weighted by atomic mass is 10.1. The SMILES string of the molecule is Cc1ccc2nc(S/C=C\C(=O)c3ccccc3)[nH]c2c1. The lowest BCUT2D eigenvalue weighted by Gasteiger charge is -1.93. The molecule has 1 heterocycles. The number of hydrogen-bond donors (Lipinski definition) is 1. The molecule has 0 amide bonds. The van der Waals surface area contributed by atoms with Gasteiger partial charge < -0.3 is 4.98 Å². The Bertz CT molecular complexity index is 806. The van der Waals surface area contributed by atoms with Gasteiger partial charge in [-0.3, -0.25) is 4.79 Å². The Kier molecular flexibility index (Phi) is 3.88. The van der Waals surface area contributed by atoms with Crippen molar-refractivity contribution in [3.8, 4) is 0 Å². The van der Waals surface area contributed by atoms with Crippen LogP contribution in [0.1, 0.15) is 15.9 Å². The van der Waals surface area contributed by atoms with Crippen LogP contribution in [-0.4, -0.2) is 15.8 Å². The number of aryl methyl sites for hydroxylation is 1. The van der Waals surface area contributed by atoms with Crippen molar-refractivity contribution in [2.24, 2.45) is 0 Å². The minimum atomic E-state index is -0.00458. The van der Waals surface area contributed by atoms with Crippen LogP contribution in [0.5, 0.6) is 0 Å². The Morgan fingerprint density at radius 1 is 1.19 bits per heavy atom. The van der Waals surface area contributed by atoms with Crippen LogP contribution < -0.4 is 0 Å². The maximum atomic E-state index is 11.9. The van der Waals surface area contributed by atoms with E-state index in [-0.39, 0.29) is 5.78 Å². The van der Waals surface area contributed by atoms with Gasteiger partial charge >= 0.3 is 0 Å². The van der Waals surface area contributed by atoms with Crippen LogP contribution in [0.15, 0.2) is 65.2 Å². The van der Waals surface area contributed by atoms with E-state index in [4.69, 9.17) is 0 Å². The first kappa shape index (κ1) is 13.6. The van der Waals surface area contributed by atoms with Crippen LogP contribution >= 0.6 is 11.8 Å². The second-order valence-corrected chi connectivity index (χ2v) is 5.61. The highest BCUT2D eigenvalue weighted by Crippen LogP contribution is 2.21. The highest BCUT2D eigenvalue weighted by atomic mass is 32.2. The minimum absolute atomic E-state index is 0.00458. The molecule has 0 atom stereocenters. The van der Waals surface area contributed by atoms with E-state index >= 15 is 0 Å². The number of ketones is 1. The molecule has 0 saturated carbocycles. The first-order chi connectivity index (χ1) is 10.2. The second-order valence-electron chi connectivity index (χ2n) is 4.71. The van der Waals surface area contributed by atoms with Crippen molar-refractivity contribution in [2.45, 2.75) is 12.1 Å². The van der Waals surface area contributed by atoms with Gasteiger partial charge in [-0.25, -0.2) is 4.98 Å². The van der Waals surface area contributed by atoms with Crippen LogP contribution in [0.4, 0.5) is 0 Å². The number of fused-ring (bicyclic) bond motifs is 1. The third-order valence-corrected chi connectivity index (χ3v) is 3.76. The summed E-state index contributed by atoms with van der Waals surface area (Å²) in [5.41, 5.74) is 3.83. The zero-order valence-corrected chi connectivity index (χ0v) is 12.4. The molecule has 0 aliphatic rings. The number of rotatable bonds is 4. The number of aromatic amines is 1. The first-order valence-electron chi connectivity index (χ1n) is 6.61. The van der Waals surface area contributed by atoms with Gasteiger partial charge in [0, 0.05) is 5.56 Å². The van der Waals surface area contributed by atoms with Gasteiger partial charge in [-0.15, -0.1) is 0 Å². The summed E-state index contributed by atoms with van der Waals surface area (Å²) in [6.45, 7) is 2.05. The van der Waals surface area contributed by atoms with Gasteiger partial charge in [0.2, 0.25) is 0 Å². The fourth-order valence-electron chi connectivity index (χ4n) is 2.01. The molecule has 2 aromatic carbocycles. The van der Waals surface area contributed by atoms with Crippen LogP contribution in [0, 0.1) is 6.92 Å². The maximum Gasteiger partial charge on any atom is 0.186 e. The van der Waals surface area contributed by atoms with Crippen molar-refractivity contribution in [2.75, 3.05) is 0 Å². The van der Waals surface area contributed by atoms with Gasteiger partial charge in [-0.2, -0.15) is 0 Å². The van der Waals surface area contributed by atoms with E-state index in [1.165, 1.54) is 17.3 Å². The summed E-state index contributed by atoms with van der Waals surface area (Å²) in [6, 6.07) is 15.3. The third kappa shape index (κ3) is 3.23. The van der Waals surface area contributed by atoms with Crippen molar-refractivity contribution in [3.63, 3.8) is 0 Å². The number of thioether (sulfide) groups is 1. The smallest absolute Gasteiger partial charge is 0.186 e. The van der Waals surface area contributed by atoms with E-state index in [2.05, 4.69) is 16.0 Å². The zero-order chi connectivity index (χ0) is 14.7. The predicted octanol–water partition coefficient (Wildman–Crippen LogP) is 4.36. The summed E-state index contributed by atoms with van der Waals surface area (Å²) in [5.74, 6) is -0.00458. The molecule has 1 N–H and O–H groups in total. The summed E-state index contributed by atoms with van der Waals surface area (Å²) >= 11 is 1.41. The van der Waals surface area contributed by atoms with E-state index in [1.54, 1.807) is 23.6 Å². The molecule has 0 aliphatic carbocycles. The van der Waals surface area contributed by atoms with E-state index in [1.807, 2.05) is 37.3 Å². The summed E-state index contributed by atoms with van der Waals surface area (Å²) in [6.07, 6.45) is 1.57. The van der Waals surface area contributed by atoms with Crippen LogP contribution in [0.3, 0.4) is 0 Å².